The largest absolute Gasteiger partial charge is 0.409 e. The second-order valence-corrected chi connectivity index (χ2v) is 4.96. The van der Waals surface area contributed by atoms with Gasteiger partial charge in [0.1, 0.15) is 5.84 Å². The molecular weight excluding hydrogens is 220 g/mol. The number of rotatable bonds is 5. The summed E-state index contributed by atoms with van der Waals surface area (Å²) in [6, 6.07) is 8.46. The van der Waals surface area contributed by atoms with Gasteiger partial charge in [0.05, 0.1) is 0 Å². The molecule has 1 unspecified atom stereocenters. The third-order valence-corrected chi connectivity index (χ3v) is 3.61. The van der Waals surface area contributed by atoms with Crippen LogP contribution in [-0.2, 0) is 5.75 Å². The maximum Gasteiger partial charge on any atom is 0.142 e. The van der Waals surface area contributed by atoms with Crippen LogP contribution in [0.15, 0.2) is 29.4 Å². The molecule has 1 rings (SSSR count). The van der Waals surface area contributed by atoms with Gasteiger partial charge in [0.15, 0.2) is 0 Å². The van der Waals surface area contributed by atoms with E-state index in [0.29, 0.717) is 5.84 Å². The van der Waals surface area contributed by atoms with Crippen molar-refractivity contribution in [2.75, 3.05) is 5.75 Å². The number of aryl methyl sites for hydroxylation is 1. The SMILES string of the molecule is Cc1cccc(CSCC(C)C(N)=NO)c1. The zero-order valence-corrected chi connectivity index (χ0v) is 10.5. The summed E-state index contributed by atoms with van der Waals surface area (Å²) in [4.78, 5) is 0. The number of nitrogens with zero attached hydrogens (tertiary/aromatic N) is 1. The summed E-state index contributed by atoms with van der Waals surface area (Å²) in [5, 5.41) is 11.5. The van der Waals surface area contributed by atoms with Gasteiger partial charge in [0.2, 0.25) is 0 Å². The molecule has 0 saturated carbocycles. The van der Waals surface area contributed by atoms with Crippen LogP contribution >= 0.6 is 11.8 Å². The van der Waals surface area contributed by atoms with Gasteiger partial charge in [-0.3, -0.25) is 0 Å². The van der Waals surface area contributed by atoms with E-state index in [9.17, 15) is 0 Å². The number of hydrogen-bond acceptors (Lipinski definition) is 3. The second-order valence-electron chi connectivity index (χ2n) is 3.93. The molecular formula is C12H18N2OS. The lowest BCUT2D eigenvalue weighted by atomic mass is 10.2. The van der Waals surface area contributed by atoms with Crippen molar-refractivity contribution in [1.82, 2.24) is 0 Å². The average molecular weight is 238 g/mol. The highest BCUT2D eigenvalue weighted by molar-refractivity contribution is 7.98. The number of hydrogen-bond donors (Lipinski definition) is 2. The molecule has 0 radical (unpaired) electrons. The normalized spacial score (nSPS) is 13.8. The van der Waals surface area contributed by atoms with Crippen molar-refractivity contribution in [2.24, 2.45) is 16.8 Å². The summed E-state index contributed by atoms with van der Waals surface area (Å²) in [6.07, 6.45) is 0. The minimum Gasteiger partial charge on any atom is -0.409 e. The van der Waals surface area contributed by atoms with E-state index in [-0.39, 0.29) is 5.92 Å². The summed E-state index contributed by atoms with van der Waals surface area (Å²) in [5.74, 6) is 2.24. The molecule has 1 aromatic carbocycles. The third-order valence-electron chi connectivity index (χ3n) is 2.34. The molecule has 0 bridgehead atoms. The zero-order chi connectivity index (χ0) is 12.0. The molecule has 0 amide bonds. The maximum absolute atomic E-state index is 8.51. The molecule has 3 N–H and O–H groups in total. The molecule has 0 fully saturated rings. The molecule has 0 spiro atoms. The number of benzene rings is 1. The quantitative estimate of drug-likeness (QED) is 0.359. The Bertz CT molecular complexity index is 366. The van der Waals surface area contributed by atoms with Crippen molar-refractivity contribution in [3.63, 3.8) is 0 Å². The first kappa shape index (κ1) is 12.9. The molecule has 1 atom stereocenters. The van der Waals surface area contributed by atoms with Crippen LogP contribution in [0.1, 0.15) is 18.1 Å². The van der Waals surface area contributed by atoms with Gasteiger partial charge < -0.3 is 10.9 Å². The molecule has 0 aliphatic heterocycles. The second kappa shape index (κ2) is 6.43. The van der Waals surface area contributed by atoms with Crippen LogP contribution in [0.3, 0.4) is 0 Å². The average Bonchev–Trinajstić information content (AvgIpc) is 2.28. The molecule has 16 heavy (non-hydrogen) atoms. The van der Waals surface area contributed by atoms with Crippen molar-refractivity contribution in [2.45, 2.75) is 19.6 Å². The number of oxime groups is 1. The molecule has 0 aliphatic rings. The first-order valence-corrected chi connectivity index (χ1v) is 6.39. The Morgan fingerprint density at radius 2 is 2.31 bits per heavy atom. The van der Waals surface area contributed by atoms with Crippen molar-refractivity contribution < 1.29 is 5.21 Å². The minimum atomic E-state index is 0.111. The monoisotopic (exact) mass is 238 g/mol. The van der Waals surface area contributed by atoms with Crippen LogP contribution in [0.5, 0.6) is 0 Å². The standard InChI is InChI=1S/C12H18N2OS/c1-9-4-3-5-11(6-9)8-16-7-10(2)12(13)14-15/h3-6,10,15H,7-8H2,1-2H3,(H2,13,14). The van der Waals surface area contributed by atoms with E-state index >= 15 is 0 Å². The fourth-order valence-corrected chi connectivity index (χ4v) is 2.40. The Morgan fingerprint density at radius 1 is 1.56 bits per heavy atom. The van der Waals surface area contributed by atoms with E-state index < -0.39 is 0 Å². The molecule has 1 aromatic rings. The highest BCUT2D eigenvalue weighted by Gasteiger charge is 2.07. The third kappa shape index (κ3) is 4.14. The van der Waals surface area contributed by atoms with E-state index in [0.717, 1.165) is 11.5 Å². The van der Waals surface area contributed by atoms with Crippen molar-refractivity contribution >= 4 is 17.6 Å². The Kier molecular flexibility index (Phi) is 5.19. The topological polar surface area (TPSA) is 58.6 Å². The van der Waals surface area contributed by atoms with Crippen LogP contribution < -0.4 is 5.73 Å². The number of thioether (sulfide) groups is 1. The van der Waals surface area contributed by atoms with E-state index in [1.807, 2.05) is 6.92 Å². The first-order valence-electron chi connectivity index (χ1n) is 5.24. The summed E-state index contributed by atoms with van der Waals surface area (Å²) in [5.41, 5.74) is 8.10. The van der Waals surface area contributed by atoms with Crippen molar-refractivity contribution in [1.29, 1.82) is 0 Å². The lowest BCUT2D eigenvalue weighted by molar-refractivity contribution is 0.315. The summed E-state index contributed by atoms with van der Waals surface area (Å²) in [7, 11) is 0. The van der Waals surface area contributed by atoms with Gasteiger partial charge in [0.25, 0.3) is 0 Å². The molecule has 3 nitrogen and oxygen atoms in total. The Hall–Kier alpha value is -1.16. The lowest BCUT2D eigenvalue weighted by Crippen LogP contribution is -2.22. The van der Waals surface area contributed by atoms with Crippen molar-refractivity contribution in [3.05, 3.63) is 35.4 Å². The summed E-state index contributed by atoms with van der Waals surface area (Å²) in [6.45, 7) is 4.05. The predicted molar refractivity (Wildman–Crippen MR) is 69.9 cm³/mol. The van der Waals surface area contributed by atoms with Gasteiger partial charge in [-0.2, -0.15) is 11.8 Å². The molecule has 0 aromatic heterocycles. The lowest BCUT2D eigenvalue weighted by Gasteiger charge is -2.09. The van der Waals surface area contributed by atoms with E-state index in [1.165, 1.54) is 11.1 Å². The van der Waals surface area contributed by atoms with Gasteiger partial charge >= 0.3 is 0 Å². The van der Waals surface area contributed by atoms with E-state index in [2.05, 4.69) is 36.3 Å². The van der Waals surface area contributed by atoms with Crippen LogP contribution in [0.25, 0.3) is 0 Å². The summed E-state index contributed by atoms with van der Waals surface area (Å²) >= 11 is 1.79. The highest BCUT2D eigenvalue weighted by atomic mass is 32.2. The maximum atomic E-state index is 8.51. The smallest absolute Gasteiger partial charge is 0.142 e. The predicted octanol–water partition coefficient (Wildman–Crippen LogP) is 2.61. The zero-order valence-electron chi connectivity index (χ0n) is 9.68. The van der Waals surface area contributed by atoms with Crippen LogP contribution in [0, 0.1) is 12.8 Å². The fraction of sp³-hybridized carbons (Fsp3) is 0.417. The summed E-state index contributed by atoms with van der Waals surface area (Å²) < 4.78 is 0. The van der Waals surface area contributed by atoms with Gasteiger partial charge in [-0.25, -0.2) is 0 Å². The Labute approximate surface area is 101 Å². The fourth-order valence-electron chi connectivity index (χ4n) is 1.34. The van der Waals surface area contributed by atoms with Crippen LogP contribution in [0.4, 0.5) is 0 Å². The van der Waals surface area contributed by atoms with Gasteiger partial charge in [-0.05, 0) is 12.5 Å². The van der Waals surface area contributed by atoms with Gasteiger partial charge in [-0.15, -0.1) is 0 Å². The number of amidine groups is 1. The van der Waals surface area contributed by atoms with Gasteiger partial charge in [0, 0.05) is 17.4 Å². The highest BCUT2D eigenvalue weighted by Crippen LogP contribution is 2.16. The van der Waals surface area contributed by atoms with Crippen molar-refractivity contribution in [3.8, 4) is 0 Å². The molecule has 0 heterocycles. The van der Waals surface area contributed by atoms with E-state index in [1.54, 1.807) is 11.8 Å². The van der Waals surface area contributed by atoms with Crippen LogP contribution in [-0.4, -0.2) is 16.8 Å². The Morgan fingerprint density at radius 3 is 2.94 bits per heavy atom. The van der Waals surface area contributed by atoms with E-state index in [4.69, 9.17) is 10.9 Å². The van der Waals surface area contributed by atoms with Crippen LogP contribution in [0.2, 0.25) is 0 Å². The molecule has 0 saturated heterocycles. The molecule has 0 aliphatic carbocycles. The molecule has 88 valence electrons. The van der Waals surface area contributed by atoms with Gasteiger partial charge in [-0.1, -0.05) is 41.9 Å². The Balaban J connectivity index is 2.36. The molecule has 4 heteroatoms. The minimum absolute atomic E-state index is 0.111. The first-order chi connectivity index (χ1) is 7.63. The number of nitrogens with two attached hydrogens (primary N) is 1.